The van der Waals surface area contributed by atoms with Crippen LogP contribution in [0.1, 0.15) is 29.3 Å². The van der Waals surface area contributed by atoms with Crippen LogP contribution < -0.4 is 4.90 Å². The molecule has 7 heteroatoms. The van der Waals surface area contributed by atoms with Gasteiger partial charge < -0.3 is 0 Å². The lowest BCUT2D eigenvalue weighted by Crippen LogP contribution is -2.22. The smallest absolute Gasteiger partial charge is 0.230 e. The molecule has 2 aromatic heterocycles. The topological polar surface area (TPSA) is 51.0 Å². The third-order valence-corrected chi connectivity index (χ3v) is 6.75. The largest absolute Gasteiger partial charge is 0.295 e. The highest BCUT2D eigenvalue weighted by Gasteiger charge is 2.18. The van der Waals surface area contributed by atoms with Gasteiger partial charge in [0.05, 0.1) is 17.1 Å². The van der Waals surface area contributed by atoms with Crippen LogP contribution in [0.2, 0.25) is 0 Å². The van der Waals surface area contributed by atoms with E-state index in [4.69, 9.17) is 4.98 Å². The maximum Gasteiger partial charge on any atom is 0.230 e. The van der Waals surface area contributed by atoms with Gasteiger partial charge in [0.2, 0.25) is 5.91 Å². The van der Waals surface area contributed by atoms with E-state index in [1.165, 1.54) is 22.5 Å². The molecule has 2 heterocycles. The maximum absolute atomic E-state index is 12.3. The number of amides is 1. The van der Waals surface area contributed by atoms with Crippen molar-refractivity contribution >= 4 is 39.8 Å². The molecule has 0 bridgehead atoms. The number of hydrogen-bond acceptors (Lipinski definition) is 5. The molecular formula is C24H24N4OS2. The minimum Gasteiger partial charge on any atom is -0.295 e. The normalized spacial score (nSPS) is 11.0. The van der Waals surface area contributed by atoms with Crippen LogP contribution in [-0.2, 0) is 10.5 Å². The third-order valence-electron chi connectivity index (χ3n) is 4.87. The van der Waals surface area contributed by atoms with E-state index in [0.717, 1.165) is 27.8 Å². The molecule has 0 aliphatic carbocycles. The highest BCUT2D eigenvalue weighted by Crippen LogP contribution is 2.32. The first-order valence-corrected chi connectivity index (χ1v) is 11.8. The fourth-order valence-corrected chi connectivity index (χ4v) is 5.30. The average molecular weight is 449 g/mol. The Balaban J connectivity index is 1.53. The number of hydrogen-bond donors (Lipinski definition) is 0. The number of aromatic nitrogens is 3. The Labute approximate surface area is 190 Å². The number of thioether (sulfide) groups is 1. The summed E-state index contributed by atoms with van der Waals surface area (Å²) in [6.45, 7) is 7.80. The summed E-state index contributed by atoms with van der Waals surface area (Å²) in [5, 5.41) is 3.62. The minimum absolute atomic E-state index is 0.0513. The van der Waals surface area contributed by atoms with E-state index in [9.17, 15) is 4.79 Å². The van der Waals surface area contributed by atoms with Crippen LogP contribution in [0.5, 0.6) is 0 Å². The SMILES string of the molecule is CC(=O)N(c1cccc(C)c1)c1nc(CSc2nccn2-c2ccc(C)cc2C)cs1. The Morgan fingerprint density at radius 3 is 2.68 bits per heavy atom. The summed E-state index contributed by atoms with van der Waals surface area (Å²) in [5.74, 6) is 0.627. The number of nitrogens with zero attached hydrogens (tertiary/aromatic N) is 4. The predicted molar refractivity (Wildman–Crippen MR) is 129 cm³/mol. The molecule has 0 radical (unpaired) electrons. The second kappa shape index (κ2) is 9.08. The van der Waals surface area contributed by atoms with Crippen molar-refractivity contribution in [3.63, 3.8) is 0 Å². The number of rotatable bonds is 6. The van der Waals surface area contributed by atoms with Gasteiger partial charge in [-0.15, -0.1) is 11.3 Å². The maximum atomic E-state index is 12.3. The van der Waals surface area contributed by atoms with Crippen molar-refractivity contribution < 1.29 is 4.79 Å². The van der Waals surface area contributed by atoms with Crippen LogP contribution in [0.25, 0.3) is 5.69 Å². The highest BCUT2D eigenvalue weighted by atomic mass is 32.2. The molecule has 0 aliphatic rings. The van der Waals surface area contributed by atoms with Crippen molar-refractivity contribution in [2.75, 3.05) is 4.90 Å². The first-order chi connectivity index (χ1) is 14.9. The Kier molecular flexibility index (Phi) is 6.25. The third kappa shape index (κ3) is 4.73. The minimum atomic E-state index is -0.0513. The number of aryl methyl sites for hydroxylation is 3. The number of benzene rings is 2. The van der Waals surface area contributed by atoms with Crippen molar-refractivity contribution in [2.45, 2.75) is 38.6 Å². The van der Waals surface area contributed by atoms with Gasteiger partial charge in [-0.25, -0.2) is 9.97 Å². The lowest BCUT2D eigenvalue weighted by molar-refractivity contribution is -0.115. The highest BCUT2D eigenvalue weighted by molar-refractivity contribution is 7.98. The van der Waals surface area contributed by atoms with Gasteiger partial charge in [0.25, 0.3) is 0 Å². The fraction of sp³-hybridized carbons (Fsp3) is 0.208. The van der Waals surface area contributed by atoms with E-state index in [1.807, 2.05) is 49.0 Å². The summed E-state index contributed by atoms with van der Waals surface area (Å²) in [5.41, 5.74) is 6.46. The van der Waals surface area contributed by atoms with Crippen molar-refractivity contribution in [3.8, 4) is 5.69 Å². The summed E-state index contributed by atoms with van der Waals surface area (Å²) < 4.78 is 2.11. The molecule has 2 aromatic carbocycles. The number of carbonyl (C=O) groups excluding carboxylic acids is 1. The lowest BCUT2D eigenvalue weighted by atomic mass is 10.1. The molecule has 0 N–H and O–H groups in total. The zero-order chi connectivity index (χ0) is 22.0. The summed E-state index contributed by atoms with van der Waals surface area (Å²) in [6.07, 6.45) is 3.81. The Bertz CT molecular complexity index is 1230. The van der Waals surface area contributed by atoms with Gasteiger partial charge in [0.1, 0.15) is 0 Å². The Morgan fingerprint density at radius 1 is 1.13 bits per heavy atom. The second-order valence-electron chi connectivity index (χ2n) is 7.47. The van der Waals surface area contributed by atoms with Crippen LogP contribution in [-0.4, -0.2) is 20.4 Å². The number of anilines is 2. The zero-order valence-corrected chi connectivity index (χ0v) is 19.6. The quantitative estimate of drug-likeness (QED) is 0.328. The van der Waals surface area contributed by atoms with E-state index in [2.05, 4.69) is 41.6 Å². The molecule has 5 nitrogen and oxygen atoms in total. The van der Waals surface area contributed by atoms with Crippen LogP contribution in [0.3, 0.4) is 0 Å². The van der Waals surface area contributed by atoms with E-state index < -0.39 is 0 Å². The molecular weight excluding hydrogens is 424 g/mol. The van der Waals surface area contributed by atoms with Gasteiger partial charge in [0, 0.05) is 30.5 Å². The molecule has 4 aromatic rings. The van der Waals surface area contributed by atoms with Gasteiger partial charge in [0.15, 0.2) is 10.3 Å². The van der Waals surface area contributed by atoms with Crippen molar-refractivity contribution in [2.24, 2.45) is 0 Å². The Morgan fingerprint density at radius 2 is 1.94 bits per heavy atom. The fourth-order valence-electron chi connectivity index (χ4n) is 3.45. The molecule has 4 rings (SSSR count). The molecule has 0 saturated carbocycles. The van der Waals surface area contributed by atoms with Gasteiger partial charge in [-0.1, -0.05) is 41.6 Å². The second-order valence-corrected chi connectivity index (χ2v) is 9.25. The Hall–Kier alpha value is -2.90. The molecule has 158 valence electrons. The van der Waals surface area contributed by atoms with Crippen LogP contribution >= 0.6 is 23.1 Å². The van der Waals surface area contributed by atoms with Crippen molar-refractivity contribution in [1.82, 2.24) is 14.5 Å². The number of imidazole rings is 1. The van der Waals surface area contributed by atoms with Crippen molar-refractivity contribution in [1.29, 1.82) is 0 Å². The molecule has 0 fully saturated rings. The van der Waals surface area contributed by atoms with Gasteiger partial charge in [-0.2, -0.15) is 0 Å². The van der Waals surface area contributed by atoms with Crippen molar-refractivity contribution in [3.05, 3.63) is 82.6 Å². The first-order valence-electron chi connectivity index (χ1n) is 9.98. The molecule has 1 amide bonds. The van der Waals surface area contributed by atoms with Gasteiger partial charge >= 0.3 is 0 Å². The lowest BCUT2D eigenvalue weighted by Gasteiger charge is -2.18. The van der Waals surface area contributed by atoms with Gasteiger partial charge in [-0.3, -0.25) is 14.3 Å². The van der Waals surface area contributed by atoms with E-state index in [0.29, 0.717) is 10.9 Å². The summed E-state index contributed by atoms with van der Waals surface area (Å²) in [4.78, 5) is 23.3. The van der Waals surface area contributed by atoms with E-state index >= 15 is 0 Å². The molecule has 0 unspecified atom stereocenters. The molecule has 0 spiro atoms. The first kappa shape index (κ1) is 21.3. The van der Waals surface area contributed by atoms with E-state index in [-0.39, 0.29) is 5.91 Å². The zero-order valence-electron chi connectivity index (χ0n) is 18.0. The summed E-state index contributed by atoms with van der Waals surface area (Å²) in [7, 11) is 0. The average Bonchev–Trinajstić information content (AvgIpc) is 3.36. The van der Waals surface area contributed by atoms with Crippen LogP contribution in [0.4, 0.5) is 10.8 Å². The number of carbonyl (C=O) groups is 1. The van der Waals surface area contributed by atoms with Crippen LogP contribution in [0.15, 0.2) is 65.4 Å². The monoisotopic (exact) mass is 448 g/mol. The summed E-state index contributed by atoms with van der Waals surface area (Å²) >= 11 is 3.12. The number of thiazole rings is 1. The van der Waals surface area contributed by atoms with E-state index in [1.54, 1.807) is 23.6 Å². The standard InChI is InChI=1S/C24H24N4OS2/c1-16-6-5-7-21(13-16)28(19(4)29)24-26-20(15-31-24)14-30-23-25-10-11-27(23)22-9-8-17(2)12-18(22)3/h5-13,15H,14H2,1-4H3. The van der Waals surface area contributed by atoms with Gasteiger partial charge in [-0.05, 0) is 50.1 Å². The van der Waals surface area contributed by atoms with Crippen LogP contribution in [0, 0.1) is 20.8 Å². The summed E-state index contributed by atoms with van der Waals surface area (Å²) in [6, 6.07) is 14.3. The molecule has 0 atom stereocenters. The molecule has 31 heavy (non-hydrogen) atoms. The predicted octanol–water partition coefficient (Wildman–Crippen LogP) is 6.23. The molecule has 0 aliphatic heterocycles. The molecule has 0 saturated heterocycles.